The Morgan fingerprint density at radius 3 is 2.67 bits per heavy atom. The molecule has 0 saturated heterocycles. The molecule has 1 N–H and O–H groups in total. The molecule has 1 heterocycles. The van der Waals surface area contributed by atoms with Gasteiger partial charge in [-0.3, -0.25) is 4.68 Å². The van der Waals surface area contributed by atoms with E-state index in [0.717, 1.165) is 30.9 Å². The lowest BCUT2D eigenvalue weighted by Gasteiger charge is -2.18. The largest absolute Gasteiger partial charge is 0.411 e. The van der Waals surface area contributed by atoms with Gasteiger partial charge in [0, 0.05) is 31.3 Å². The lowest BCUT2D eigenvalue weighted by Crippen LogP contribution is -2.33. The zero-order chi connectivity index (χ0) is 15.9. The Balaban J connectivity index is 2.49. The van der Waals surface area contributed by atoms with Crippen molar-refractivity contribution in [1.82, 2.24) is 15.1 Å². The maximum atomic E-state index is 12.0. The number of rotatable bonds is 9. The van der Waals surface area contributed by atoms with Crippen LogP contribution in [0.2, 0.25) is 0 Å². The Labute approximate surface area is 123 Å². The third-order valence-electron chi connectivity index (χ3n) is 3.11. The minimum Gasteiger partial charge on any atom is -0.372 e. The number of nitrogens with zero attached hydrogens (tertiary/aromatic N) is 2. The van der Waals surface area contributed by atoms with Crippen molar-refractivity contribution in [2.75, 3.05) is 19.8 Å². The van der Waals surface area contributed by atoms with Crippen LogP contribution in [0.5, 0.6) is 0 Å². The summed E-state index contributed by atoms with van der Waals surface area (Å²) in [6, 6.07) is 2.11. The van der Waals surface area contributed by atoms with E-state index >= 15 is 0 Å². The molecule has 0 aliphatic carbocycles. The molecule has 122 valence electrons. The molecule has 1 atom stereocenters. The van der Waals surface area contributed by atoms with Crippen LogP contribution < -0.4 is 5.32 Å². The van der Waals surface area contributed by atoms with E-state index in [4.69, 9.17) is 0 Å². The first-order valence-corrected chi connectivity index (χ1v) is 7.27. The second-order valence-corrected chi connectivity index (χ2v) is 5.01. The SMILES string of the molecule is CCNC(CCOCC(F)(F)F)Cc1cc(C)nn1CC. The maximum absolute atomic E-state index is 12.0. The van der Waals surface area contributed by atoms with Crippen molar-refractivity contribution in [1.29, 1.82) is 0 Å². The fourth-order valence-electron chi connectivity index (χ4n) is 2.27. The molecule has 0 aliphatic heterocycles. The quantitative estimate of drug-likeness (QED) is 0.713. The lowest BCUT2D eigenvalue weighted by atomic mass is 10.1. The lowest BCUT2D eigenvalue weighted by molar-refractivity contribution is -0.174. The summed E-state index contributed by atoms with van der Waals surface area (Å²) in [5.74, 6) is 0. The highest BCUT2D eigenvalue weighted by Gasteiger charge is 2.27. The highest BCUT2D eigenvalue weighted by atomic mass is 19.4. The first-order valence-electron chi connectivity index (χ1n) is 7.27. The van der Waals surface area contributed by atoms with Gasteiger partial charge in [0.15, 0.2) is 0 Å². The summed E-state index contributed by atoms with van der Waals surface area (Å²) < 4.78 is 42.7. The van der Waals surface area contributed by atoms with Crippen LogP contribution in [0, 0.1) is 6.92 Å². The van der Waals surface area contributed by atoms with Crippen LogP contribution in [0.3, 0.4) is 0 Å². The Kier molecular flexibility index (Phi) is 7.17. The molecule has 0 fully saturated rings. The molecule has 0 aromatic carbocycles. The number of hydrogen-bond donors (Lipinski definition) is 1. The number of alkyl halides is 3. The van der Waals surface area contributed by atoms with Gasteiger partial charge in [-0.15, -0.1) is 0 Å². The number of aryl methyl sites for hydroxylation is 2. The van der Waals surface area contributed by atoms with E-state index in [1.54, 1.807) is 0 Å². The van der Waals surface area contributed by atoms with Gasteiger partial charge in [-0.2, -0.15) is 18.3 Å². The van der Waals surface area contributed by atoms with E-state index in [-0.39, 0.29) is 12.6 Å². The predicted octanol–water partition coefficient (Wildman–Crippen LogP) is 2.70. The molecule has 1 unspecified atom stereocenters. The second-order valence-electron chi connectivity index (χ2n) is 5.01. The van der Waals surface area contributed by atoms with E-state index in [1.165, 1.54) is 0 Å². The first kappa shape index (κ1) is 18.0. The minimum absolute atomic E-state index is 0.0876. The highest BCUT2D eigenvalue weighted by molar-refractivity contribution is 5.10. The molecule has 1 aromatic rings. The standard InChI is InChI=1S/C14H24F3N3O/c1-4-18-12(6-7-21-10-14(15,16)17)9-13-8-11(3)19-20(13)5-2/h8,12,18H,4-7,9-10H2,1-3H3. The summed E-state index contributed by atoms with van der Waals surface area (Å²) in [5, 5.41) is 7.67. The smallest absolute Gasteiger partial charge is 0.372 e. The average molecular weight is 307 g/mol. The molecule has 0 aliphatic rings. The summed E-state index contributed by atoms with van der Waals surface area (Å²) in [7, 11) is 0. The topological polar surface area (TPSA) is 39.1 Å². The fraction of sp³-hybridized carbons (Fsp3) is 0.786. The molecule has 0 amide bonds. The summed E-state index contributed by atoms with van der Waals surface area (Å²) in [6.07, 6.45) is -2.98. The fourth-order valence-corrected chi connectivity index (χ4v) is 2.27. The van der Waals surface area contributed by atoms with Gasteiger partial charge in [0.05, 0.1) is 5.69 Å². The third kappa shape index (κ3) is 6.95. The summed E-state index contributed by atoms with van der Waals surface area (Å²) in [6.45, 7) is 6.39. The van der Waals surface area contributed by atoms with Crippen LogP contribution in [-0.2, 0) is 17.7 Å². The van der Waals surface area contributed by atoms with E-state index in [2.05, 4.69) is 15.2 Å². The minimum atomic E-state index is -4.26. The molecular weight excluding hydrogens is 283 g/mol. The van der Waals surface area contributed by atoms with Crippen LogP contribution in [0.15, 0.2) is 6.07 Å². The van der Waals surface area contributed by atoms with Crippen LogP contribution in [-0.4, -0.2) is 41.8 Å². The predicted molar refractivity (Wildman–Crippen MR) is 75.3 cm³/mol. The molecule has 7 heteroatoms. The van der Waals surface area contributed by atoms with Crippen LogP contribution in [0.25, 0.3) is 0 Å². The molecular formula is C14H24F3N3O. The van der Waals surface area contributed by atoms with Gasteiger partial charge in [0.2, 0.25) is 0 Å². The average Bonchev–Trinajstić information content (AvgIpc) is 2.73. The first-order chi connectivity index (χ1) is 9.85. The molecule has 21 heavy (non-hydrogen) atoms. The zero-order valence-corrected chi connectivity index (χ0v) is 12.8. The van der Waals surface area contributed by atoms with Gasteiger partial charge in [-0.1, -0.05) is 6.92 Å². The van der Waals surface area contributed by atoms with Gasteiger partial charge >= 0.3 is 6.18 Å². The Bertz CT molecular complexity index is 418. The normalized spacial score (nSPS) is 13.6. The van der Waals surface area contributed by atoms with Crippen LogP contribution in [0.4, 0.5) is 13.2 Å². The number of nitrogens with one attached hydrogen (secondary N) is 1. The van der Waals surface area contributed by atoms with Crippen molar-refractivity contribution >= 4 is 0 Å². The number of ether oxygens (including phenoxy) is 1. The monoisotopic (exact) mass is 307 g/mol. The van der Waals surface area contributed by atoms with Crippen molar-refractivity contribution in [3.8, 4) is 0 Å². The number of hydrogen-bond acceptors (Lipinski definition) is 3. The molecule has 0 spiro atoms. The summed E-state index contributed by atoms with van der Waals surface area (Å²) in [5.41, 5.74) is 2.05. The van der Waals surface area contributed by atoms with Crippen molar-refractivity contribution in [2.45, 2.75) is 52.4 Å². The molecule has 4 nitrogen and oxygen atoms in total. The van der Waals surface area contributed by atoms with E-state index in [0.29, 0.717) is 6.42 Å². The molecule has 0 saturated carbocycles. The number of aromatic nitrogens is 2. The summed E-state index contributed by atoms with van der Waals surface area (Å²) >= 11 is 0. The van der Waals surface area contributed by atoms with Crippen molar-refractivity contribution in [3.05, 3.63) is 17.5 Å². The van der Waals surface area contributed by atoms with Crippen LogP contribution in [0.1, 0.15) is 31.7 Å². The Hall–Kier alpha value is -1.08. The maximum Gasteiger partial charge on any atom is 0.411 e. The Morgan fingerprint density at radius 1 is 1.38 bits per heavy atom. The van der Waals surface area contributed by atoms with Gasteiger partial charge in [-0.25, -0.2) is 0 Å². The number of halogens is 3. The highest BCUT2D eigenvalue weighted by Crippen LogP contribution is 2.15. The van der Waals surface area contributed by atoms with Gasteiger partial charge in [0.25, 0.3) is 0 Å². The van der Waals surface area contributed by atoms with E-state index in [9.17, 15) is 13.2 Å². The molecule has 0 bridgehead atoms. The zero-order valence-electron chi connectivity index (χ0n) is 12.8. The molecule has 1 aromatic heterocycles. The van der Waals surface area contributed by atoms with Crippen molar-refractivity contribution in [2.24, 2.45) is 0 Å². The van der Waals surface area contributed by atoms with Crippen LogP contribution >= 0.6 is 0 Å². The molecule has 1 rings (SSSR count). The van der Waals surface area contributed by atoms with Crippen molar-refractivity contribution < 1.29 is 17.9 Å². The van der Waals surface area contributed by atoms with Gasteiger partial charge in [0.1, 0.15) is 6.61 Å². The molecule has 0 radical (unpaired) electrons. The second kappa shape index (κ2) is 8.38. The number of likely N-dealkylation sites (N-methyl/N-ethyl adjacent to an activating group) is 1. The van der Waals surface area contributed by atoms with E-state index < -0.39 is 12.8 Å². The van der Waals surface area contributed by atoms with Gasteiger partial charge in [-0.05, 0) is 32.9 Å². The third-order valence-corrected chi connectivity index (χ3v) is 3.11. The van der Waals surface area contributed by atoms with Gasteiger partial charge < -0.3 is 10.1 Å². The Morgan fingerprint density at radius 2 is 2.10 bits per heavy atom. The van der Waals surface area contributed by atoms with Crippen molar-refractivity contribution in [3.63, 3.8) is 0 Å². The van der Waals surface area contributed by atoms with E-state index in [1.807, 2.05) is 31.5 Å². The summed E-state index contributed by atoms with van der Waals surface area (Å²) in [4.78, 5) is 0.